The molecule has 1 saturated heterocycles. The molecule has 0 radical (unpaired) electrons. The maximum absolute atomic E-state index is 5.85. The number of ether oxygens (including phenoxy) is 1. The van der Waals surface area contributed by atoms with Crippen molar-refractivity contribution < 1.29 is 4.74 Å². The molecule has 1 aliphatic heterocycles. The second-order valence-corrected chi connectivity index (χ2v) is 7.30. The highest BCUT2D eigenvalue weighted by atomic mass is 16.5. The number of benzene rings is 1. The molecule has 0 saturated carbocycles. The summed E-state index contributed by atoms with van der Waals surface area (Å²) < 4.78 is 7.60. The molecule has 2 aromatic rings. The van der Waals surface area contributed by atoms with Gasteiger partial charge < -0.3 is 15.4 Å². The van der Waals surface area contributed by atoms with Gasteiger partial charge in [0.2, 0.25) is 0 Å². The highest BCUT2D eigenvalue weighted by Crippen LogP contribution is 2.17. The number of nitrogens with one attached hydrogen (secondary N) is 2. The fourth-order valence-electron chi connectivity index (χ4n) is 3.58. The van der Waals surface area contributed by atoms with E-state index < -0.39 is 0 Å². The van der Waals surface area contributed by atoms with Gasteiger partial charge in [0.15, 0.2) is 5.96 Å². The van der Waals surface area contributed by atoms with Gasteiger partial charge in [-0.25, -0.2) is 4.98 Å². The zero-order valence-electron chi connectivity index (χ0n) is 17.2. The molecule has 8 heteroatoms. The van der Waals surface area contributed by atoms with Gasteiger partial charge in [-0.2, -0.15) is 5.10 Å². The standard InChI is InChI=1S/C20H31N7O/c1-15-11-27(12-16(2)28-15)13-18-8-6-5-7-17(18)9-22-20(21-3)23-10-19-24-14-25-26(19)4/h5-8,14-16H,9-13H2,1-4H3,(H2,21,22,23). The molecule has 8 nitrogen and oxygen atoms in total. The molecule has 2 heterocycles. The Morgan fingerprint density at radius 2 is 1.82 bits per heavy atom. The van der Waals surface area contributed by atoms with E-state index in [1.54, 1.807) is 18.1 Å². The Labute approximate surface area is 167 Å². The lowest BCUT2D eigenvalue weighted by Crippen LogP contribution is -2.45. The third kappa shape index (κ3) is 5.53. The Kier molecular flexibility index (Phi) is 7.00. The van der Waals surface area contributed by atoms with E-state index in [1.165, 1.54) is 11.1 Å². The van der Waals surface area contributed by atoms with Crippen LogP contribution < -0.4 is 10.6 Å². The maximum Gasteiger partial charge on any atom is 0.191 e. The minimum atomic E-state index is 0.276. The first-order valence-electron chi connectivity index (χ1n) is 9.77. The molecule has 3 rings (SSSR count). The van der Waals surface area contributed by atoms with Crippen LogP contribution in [0.2, 0.25) is 0 Å². The summed E-state index contributed by atoms with van der Waals surface area (Å²) >= 11 is 0. The molecule has 1 aromatic heterocycles. The van der Waals surface area contributed by atoms with Gasteiger partial charge in [0.25, 0.3) is 0 Å². The van der Waals surface area contributed by atoms with Crippen LogP contribution >= 0.6 is 0 Å². The van der Waals surface area contributed by atoms with E-state index in [0.717, 1.165) is 31.4 Å². The summed E-state index contributed by atoms with van der Waals surface area (Å²) in [6.07, 6.45) is 2.10. The summed E-state index contributed by atoms with van der Waals surface area (Å²) in [6, 6.07) is 8.57. The van der Waals surface area contributed by atoms with Crippen molar-refractivity contribution in [1.82, 2.24) is 30.3 Å². The predicted molar refractivity (Wildman–Crippen MR) is 110 cm³/mol. The number of nitrogens with zero attached hydrogens (tertiary/aromatic N) is 5. The first-order valence-corrected chi connectivity index (χ1v) is 9.77. The van der Waals surface area contributed by atoms with Gasteiger partial charge in [-0.05, 0) is 25.0 Å². The van der Waals surface area contributed by atoms with Crippen LogP contribution in [0.4, 0.5) is 0 Å². The average Bonchev–Trinajstić information content (AvgIpc) is 3.07. The van der Waals surface area contributed by atoms with Crippen LogP contribution in [-0.2, 0) is 31.4 Å². The monoisotopic (exact) mass is 385 g/mol. The van der Waals surface area contributed by atoms with Gasteiger partial charge in [-0.3, -0.25) is 14.6 Å². The van der Waals surface area contributed by atoms with E-state index in [9.17, 15) is 0 Å². The first kappa shape index (κ1) is 20.3. The molecule has 2 atom stereocenters. The molecular formula is C20H31N7O. The van der Waals surface area contributed by atoms with Crippen molar-refractivity contribution in [2.75, 3.05) is 20.1 Å². The fraction of sp³-hybridized carbons (Fsp3) is 0.550. The summed E-state index contributed by atoms with van der Waals surface area (Å²) in [7, 11) is 3.65. The minimum absolute atomic E-state index is 0.276. The molecule has 2 N–H and O–H groups in total. The highest BCUT2D eigenvalue weighted by Gasteiger charge is 2.22. The Morgan fingerprint density at radius 3 is 2.46 bits per heavy atom. The molecule has 1 aliphatic rings. The van der Waals surface area contributed by atoms with Crippen molar-refractivity contribution in [3.63, 3.8) is 0 Å². The smallest absolute Gasteiger partial charge is 0.191 e. The van der Waals surface area contributed by atoms with Crippen LogP contribution in [0.5, 0.6) is 0 Å². The highest BCUT2D eigenvalue weighted by molar-refractivity contribution is 5.79. The van der Waals surface area contributed by atoms with Crippen molar-refractivity contribution in [2.45, 2.75) is 45.7 Å². The van der Waals surface area contributed by atoms with Crippen molar-refractivity contribution in [1.29, 1.82) is 0 Å². The van der Waals surface area contributed by atoms with Gasteiger partial charge in [-0.15, -0.1) is 0 Å². The SMILES string of the molecule is CN=C(NCc1ccccc1CN1CC(C)OC(C)C1)NCc1ncnn1C. The molecule has 1 fully saturated rings. The number of aryl methyl sites for hydroxylation is 1. The number of morpholine rings is 1. The summed E-state index contributed by atoms with van der Waals surface area (Å²) in [5.41, 5.74) is 2.61. The molecule has 0 aliphatic carbocycles. The van der Waals surface area contributed by atoms with Crippen LogP contribution in [-0.4, -0.2) is 58.0 Å². The summed E-state index contributed by atoms with van der Waals surface area (Å²) in [5.74, 6) is 1.60. The van der Waals surface area contributed by atoms with Crippen LogP contribution in [0.3, 0.4) is 0 Å². The Hall–Kier alpha value is -2.45. The molecule has 0 bridgehead atoms. The Morgan fingerprint density at radius 1 is 1.14 bits per heavy atom. The number of hydrogen-bond donors (Lipinski definition) is 2. The second kappa shape index (κ2) is 9.66. The first-order chi connectivity index (χ1) is 13.5. The predicted octanol–water partition coefficient (Wildman–Crippen LogP) is 1.29. The van der Waals surface area contributed by atoms with Gasteiger partial charge in [0, 0.05) is 40.3 Å². The zero-order valence-corrected chi connectivity index (χ0v) is 17.2. The number of aromatic nitrogens is 3. The van der Waals surface area contributed by atoms with E-state index >= 15 is 0 Å². The lowest BCUT2D eigenvalue weighted by atomic mass is 10.1. The molecule has 1 aromatic carbocycles. The third-order valence-electron chi connectivity index (χ3n) is 4.90. The number of guanidine groups is 1. The van der Waals surface area contributed by atoms with E-state index in [2.05, 4.69) is 68.7 Å². The maximum atomic E-state index is 5.85. The van der Waals surface area contributed by atoms with Crippen LogP contribution in [0.25, 0.3) is 0 Å². The summed E-state index contributed by atoms with van der Waals surface area (Å²) in [6.45, 7) is 8.43. The third-order valence-corrected chi connectivity index (χ3v) is 4.90. The van der Waals surface area contributed by atoms with Crippen LogP contribution in [0.1, 0.15) is 30.8 Å². The molecular weight excluding hydrogens is 354 g/mol. The van der Waals surface area contributed by atoms with Crippen molar-refractivity contribution in [3.05, 3.63) is 47.5 Å². The van der Waals surface area contributed by atoms with Gasteiger partial charge in [0.1, 0.15) is 12.2 Å². The van der Waals surface area contributed by atoms with Crippen molar-refractivity contribution in [2.24, 2.45) is 12.0 Å². The van der Waals surface area contributed by atoms with Crippen molar-refractivity contribution >= 4 is 5.96 Å². The quantitative estimate of drug-likeness (QED) is 0.576. The topological polar surface area (TPSA) is 79.6 Å². The molecule has 152 valence electrons. The van der Waals surface area contributed by atoms with Gasteiger partial charge in [0.05, 0.1) is 18.8 Å². The Bertz CT molecular complexity index is 778. The average molecular weight is 386 g/mol. The molecule has 2 unspecified atom stereocenters. The summed E-state index contributed by atoms with van der Waals surface area (Å²) in [4.78, 5) is 11.0. The second-order valence-electron chi connectivity index (χ2n) is 7.30. The normalized spacial score (nSPS) is 20.9. The zero-order chi connectivity index (χ0) is 19.9. The van der Waals surface area contributed by atoms with Gasteiger partial charge in [-0.1, -0.05) is 24.3 Å². The lowest BCUT2D eigenvalue weighted by molar-refractivity contribution is -0.0705. The fourth-order valence-corrected chi connectivity index (χ4v) is 3.58. The molecule has 28 heavy (non-hydrogen) atoms. The molecule has 0 spiro atoms. The van der Waals surface area contributed by atoms with Gasteiger partial charge >= 0.3 is 0 Å². The number of hydrogen-bond acceptors (Lipinski definition) is 5. The number of aliphatic imine (C=N–C) groups is 1. The van der Waals surface area contributed by atoms with E-state index in [0.29, 0.717) is 13.1 Å². The summed E-state index contributed by atoms with van der Waals surface area (Å²) in [5, 5.41) is 10.8. The largest absolute Gasteiger partial charge is 0.373 e. The van der Waals surface area contributed by atoms with Crippen molar-refractivity contribution in [3.8, 4) is 0 Å². The van der Waals surface area contributed by atoms with E-state index in [1.807, 2.05) is 7.05 Å². The number of rotatable bonds is 6. The van der Waals surface area contributed by atoms with Crippen LogP contribution in [0.15, 0.2) is 35.6 Å². The van der Waals surface area contributed by atoms with E-state index in [-0.39, 0.29) is 12.2 Å². The molecule has 0 amide bonds. The Balaban J connectivity index is 1.57. The van der Waals surface area contributed by atoms with E-state index in [4.69, 9.17) is 4.74 Å². The van der Waals surface area contributed by atoms with Crippen LogP contribution in [0, 0.1) is 0 Å². The lowest BCUT2D eigenvalue weighted by Gasteiger charge is -2.35. The minimum Gasteiger partial charge on any atom is -0.373 e.